The lowest BCUT2D eigenvalue weighted by Crippen LogP contribution is -2.17. The maximum atomic E-state index is 12.8. The van der Waals surface area contributed by atoms with Crippen LogP contribution in [0.1, 0.15) is 29.4 Å². The Morgan fingerprint density at radius 3 is 2.60 bits per heavy atom. The van der Waals surface area contributed by atoms with Crippen molar-refractivity contribution < 1.29 is 9.53 Å². The summed E-state index contributed by atoms with van der Waals surface area (Å²) in [7, 11) is 1.58. The number of rotatable bonds is 6. The number of nitrogens with one attached hydrogen (secondary N) is 2. The minimum atomic E-state index is -0.295. The Morgan fingerprint density at radius 1 is 1.07 bits per heavy atom. The van der Waals surface area contributed by atoms with Crippen LogP contribution in [0.2, 0.25) is 0 Å². The molecule has 1 amide bonds. The highest BCUT2D eigenvalue weighted by Gasteiger charge is 2.14. The smallest absolute Gasteiger partial charge is 0.272 e. The van der Waals surface area contributed by atoms with Gasteiger partial charge in [0.05, 0.1) is 12.8 Å². The summed E-state index contributed by atoms with van der Waals surface area (Å²) in [5, 5.41) is 3.63. The third-order valence-electron chi connectivity index (χ3n) is 4.98. The normalized spacial score (nSPS) is 10.9. The lowest BCUT2D eigenvalue weighted by Gasteiger charge is -2.08. The van der Waals surface area contributed by atoms with E-state index in [1.165, 1.54) is 11.6 Å². The zero-order valence-electron chi connectivity index (χ0n) is 16.9. The first-order valence-corrected chi connectivity index (χ1v) is 9.88. The molecule has 0 aliphatic rings. The van der Waals surface area contributed by atoms with Crippen LogP contribution >= 0.6 is 0 Å². The molecule has 4 rings (SSSR count). The molecular formula is C24H23N3O3. The van der Waals surface area contributed by atoms with Gasteiger partial charge in [-0.2, -0.15) is 0 Å². The van der Waals surface area contributed by atoms with Gasteiger partial charge in [-0.05, 0) is 48.4 Å². The van der Waals surface area contributed by atoms with Crippen molar-refractivity contribution in [2.45, 2.75) is 19.8 Å². The number of hydrogen-bond donors (Lipinski definition) is 2. The molecule has 0 fully saturated rings. The van der Waals surface area contributed by atoms with Gasteiger partial charge in [0.1, 0.15) is 17.1 Å². The average molecular weight is 401 g/mol. The fourth-order valence-corrected chi connectivity index (χ4v) is 3.50. The van der Waals surface area contributed by atoms with Crippen LogP contribution in [0.3, 0.4) is 0 Å². The summed E-state index contributed by atoms with van der Waals surface area (Å²) in [5.74, 6) is 0.363. The molecule has 30 heavy (non-hydrogen) atoms. The number of aryl methyl sites for hydroxylation is 1. The number of aromatic nitrogens is 2. The Labute approximate surface area is 174 Å². The Morgan fingerprint density at radius 2 is 1.87 bits per heavy atom. The molecule has 0 saturated heterocycles. The molecule has 0 unspecified atom stereocenters. The fraction of sp³-hybridized carbons (Fsp3) is 0.167. The summed E-state index contributed by atoms with van der Waals surface area (Å²) < 4.78 is 6.79. The second-order valence-corrected chi connectivity index (χ2v) is 7.10. The average Bonchev–Trinajstić information content (AvgIpc) is 3.19. The number of methoxy groups -OCH3 is 1. The van der Waals surface area contributed by atoms with Gasteiger partial charge in [0, 0.05) is 23.2 Å². The van der Waals surface area contributed by atoms with Gasteiger partial charge in [-0.15, -0.1) is 0 Å². The monoisotopic (exact) mass is 401 g/mol. The number of ether oxygens (including phenoxy) is 1. The van der Waals surface area contributed by atoms with Crippen LogP contribution in [-0.4, -0.2) is 22.6 Å². The number of nitrogens with zero attached hydrogens (tertiary/aromatic N) is 1. The van der Waals surface area contributed by atoms with E-state index in [0.29, 0.717) is 22.8 Å². The molecule has 0 saturated carbocycles. The second kappa shape index (κ2) is 8.29. The second-order valence-electron chi connectivity index (χ2n) is 7.10. The summed E-state index contributed by atoms with van der Waals surface area (Å²) >= 11 is 0. The molecule has 0 aliphatic heterocycles. The summed E-state index contributed by atoms with van der Waals surface area (Å²) in [5.41, 5.74) is 3.41. The minimum absolute atomic E-state index is 0.160. The van der Waals surface area contributed by atoms with E-state index < -0.39 is 0 Å². The third-order valence-corrected chi connectivity index (χ3v) is 4.98. The van der Waals surface area contributed by atoms with Crippen LogP contribution in [0.5, 0.6) is 5.75 Å². The van der Waals surface area contributed by atoms with Crippen molar-refractivity contribution >= 4 is 22.6 Å². The number of anilines is 1. The molecule has 0 spiro atoms. The van der Waals surface area contributed by atoms with Crippen molar-refractivity contribution in [3.05, 3.63) is 88.3 Å². The van der Waals surface area contributed by atoms with Crippen molar-refractivity contribution in [1.29, 1.82) is 0 Å². The van der Waals surface area contributed by atoms with Gasteiger partial charge in [-0.3, -0.25) is 14.2 Å². The van der Waals surface area contributed by atoms with Crippen LogP contribution in [0, 0.1) is 0 Å². The van der Waals surface area contributed by atoms with Gasteiger partial charge in [-0.1, -0.05) is 31.5 Å². The number of benzene rings is 2. The predicted octanol–water partition coefficient (Wildman–Crippen LogP) is 4.53. The lowest BCUT2D eigenvalue weighted by molar-refractivity contribution is 0.102. The number of carbonyl (C=O) groups excluding carboxylic acids is 1. The van der Waals surface area contributed by atoms with E-state index in [0.717, 1.165) is 23.9 Å². The summed E-state index contributed by atoms with van der Waals surface area (Å²) in [6.45, 7) is 2.14. The molecule has 0 bridgehead atoms. The molecule has 2 aromatic heterocycles. The lowest BCUT2D eigenvalue weighted by atomic mass is 10.1. The number of hydrogen-bond acceptors (Lipinski definition) is 3. The number of fused-ring (bicyclic) bond motifs is 1. The predicted molar refractivity (Wildman–Crippen MR) is 119 cm³/mol. The first-order chi connectivity index (χ1) is 14.6. The molecule has 0 atom stereocenters. The number of carbonyl (C=O) groups is 1. The Bertz CT molecular complexity index is 1250. The van der Waals surface area contributed by atoms with E-state index in [1.807, 2.05) is 30.3 Å². The van der Waals surface area contributed by atoms with E-state index in [2.05, 4.69) is 17.2 Å². The maximum absolute atomic E-state index is 12.8. The van der Waals surface area contributed by atoms with Crippen LogP contribution in [0.15, 0.2) is 71.5 Å². The van der Waals surface area contributed by atoms with Crippen LogP contribution in [0.4, 0.5) is 5.69 Å². The van der Waals surface area contributed by atoms with E-state index in [-0.39, 0.29) is 11.5 Å². The summed E-state index contributed by atoms with van der Waals surface area (Å²) in [4.78, 5) is 28.5. The molecule has 0 radical (unpaired) electrons. The fourth-order valence-electron chi connectivity index (χ4n) is 3.50. The Balaban J connectivity index is 1.69. The summed E-state index contributed by atoms with van der Waals surface area (Å²) in [6.07, 6.45) is 2.06. The van der Waals surface area contributed by atoms with Gasteiger partial charge in [0.2, 0.25) is 0 Å². The van der Waals surface area contributed by atoms with Crippen LogP contribution < -0.4 is 15.6 Å². The quantitative estimate of drug-likeness (QED) is 0.498. The highest BCUT2D eigenvalue weighted by atomic mass is 16.5. The van der Waals surface area contributed by atoms with E-state index >= 15 is 0 Å². The number of amides is 1. The van der Waals surface area contributed by atoms with Crippen molar-refractivity contribution in [1.82, 2.24) is 9.55 Å². The van der Waals surface area contributed by atoms with Crippen LogP contribution in [-0.2, 0) is 6.42 Å². The topological polar surface area (TPSA) is 76.1 Å². The highest BCUT2D eigenvalue weighted by molar-refractivity contribution is 6.05. The molecule has 6 nitrogen and oxygen atoms in total. The highest BCUT2D eigenvalue weighted by Crippen LogP contribution is 2.21. The SMILES string of the molecule is CCCc1ccc(-n2c(=O)ccc3cc(C(=O)Nc4cccc(OC)c4)[nH]c32)cc1. The zero-order chi connectivity index (χ0) is 21.1. The molecule has 0 aliphatic carbocycles. The van der Waals surface area contributed by atoms with Gasteiger partial charge >= 0.3 is 0 Å². The minimum Gasteiger partial charge on any atom is -0.497 e. The molecule has 152 valence electrons. The number of aromatic amines is 1. The van der Waals surface area contributed by atoms with Crippen molar-refractivity contribution in [2.75, 3.05) is 12.4 Å². The molecule has 2 heterocycles. The van der Waals surface area contributed by atoms with Crippen molar-refractivity contribution in [3.8, 4) is 11.4 Å². The Hall–Kier alpha value is -3.80. The number of H-pyrrole nitrogens is 1. The molecule has 2 aromatic carbocycles. The van der Waals surface area contributed by atoms with E-state index in [1.54, 1.807) is 42.0 Å². The zero-order valence-corrected chi connectivity index (χ0v) is 16.9. The van der Waals surface area contributed by atoms with E-state index in [9.17, 15) is 9.59 Å². The molecule has 6 heteroatoms. The summed E-state index contributed by atoms with van der Waals surface area (Å²) in [6, 6.07) is 20.1. The number of pyridine rings is 1. The van der Waals surface area contributed by atoms with Gasteiger partial charge < -0.3 is 15.0 Å². The van der Waals surface area contributed by atoms with Gasteiger partial charge in [0.15, 0.2) is 0 Å². The van der Waals surface area contributed by atoms with Gasteiger partial charge in [-0.25, -0.2) is 0 Å². The molecular weight excluding hydrogens is 378 g/mol. The molecule has 4 aromatic rings. The Kier molecular flexibility index (Phi) is 5.39. The largest absolute Gasteiger partial charge is 0.497 e. The molecule has 2 N–H and O–H groups in total. The maximum Gasteiger partial charge on any atom is 0.272 e. The first kappa shape index (κ1) is 19.5. The van der Waals surface area contributed by atoms with Crippen molar-refractivity contribution in [2.24, 2.45) is 0 Å². The third kappa shape index (κ3) is 3.85. The van der Waals surface area contributed by atoms with Crippen LogP contribution in [0.25, 0.3) is 16.7 Å². The van der Waals surface area contributed by atoms with Crippen molar-refractivity contribution in [3.63, 3.8) is 0 Å². The first-order valence-electron chi connectivity index (χ1n) is 9.88. The van der Waals surface area contributed by atoms with E-state index in [4.69, 9.17) is 4.74 Å². The van der Waals surface area contributed by atoms with Gasteiger partial charge in [0.25, 0.3) is 11.5 Å². The standard InChI is InChI=1S/C24H23N3O3/c1-3-5-16-8-11-19(12-9-16)27-22(28)13-10-17-14-21(26-23(17)27)24(29)25-18-6-4-7-20(15-18)30-2/h4,6-15,26H,3,5H2,1-2H3,(H,25,29).